The standard InChI is InChI=1S/C14H17NO2S/c1-9-5-6-11(17-4)10(7-9)13-15-12(8-18-13)14(2,3)16/h5-8,16H,1-4H3. The predicted molar refractivity (Wildman–Crippen MR) is 74.1 cm³/mol. The molecule has 0 radical (unpaired) electrons. The van der Waals surface area contributed by atoms with Crippen molar-refractivity contribution in [3.63, 3.8) is 0 Å². The van der Waals surface area contributed by atoms with Gasteiger partial charge in [0, 0.05) is 5.38 Å². The summed E-state index contributed by atoms with van der Waals surface area (Å²) in [5.74, 6) is 0.803. The smallest absolute Gasteiger partial charge is 0.129 e. The Morgan fingerprint density at radius 3 is 2.61 bits per heavy atom. The van der Waals surface area contributed by atoms with Gasteiger partial charge in [-0.25, -0.2) is 4.98 Å². The van der Waals surface area contributed by atoms with Gasteiger partial charge in [0.1, 0.15) is 16.4 Å². The Morgan fingerprint density at radius 1 is 1.33 bits per heavy atom. The summed E-state index contributed by atoms with van der Waals surface area (Å²) < 4.78 is 5.35. The van der Waals surface area contributed by atoms with E-state index >= 15 is 0 Å². The van der Waals surface area contributed by atoms with E-state index < -0.39 is 5.60 Å². The minimum atomic E-state index is -0.911. The molecule has 1 heterocycles. The number of thiazole rings is 1. The summed E-state index contributed by atoms with van der Waals surface area (Å²) in [4.78, 5) is 4.49. The molecule has 1 N–H and O–H groups in total. The van der Waals surface area contributed by atoms with E-state index in [0.717, 1.165) is 21.9 Å². The molecule has 0 fully saturated rings. The molecule has 2 rings (SSSR count). The summed E-state index contributed by atoms with van der Waals surface area (Å²) in [6, 6.07) is 5.99. The number of nitrogens with zero attached hydrogens (tertiary/aromatic N) is 1. The lowest BCUT2D eigenvalue weighted by Gasteiger charge is -2.13. The molecule has 1 aromatic carbocycles. The second kappa shape index (κ2) is 4.71. The third kappa shape index (κ3) is 2.54. The van der Waals surface area contributed by atoms with Crippen LogP contribution >= 0.6 is 11.3 Å². The number of aliphatic hydroxyl groups is 1. The van der Waals surface area contributed by atoms with Crippen molar-refractivity contribution >= 4 is 11.3 Å². The van der Waals surface area contributed by atoms with Crippen molar-refractivity contribution in [2.24, 2.45) is 0 Å². The fourth-order valence-corrected chi connectivity index (χ4v) is 2.67. The van der Waals surface area contributed by atoms with Crippen LogP contribution in [0.1, 0.15) is 25.1 Å². The van der Waals surface area contributed by atoms with Crippen LogP contribution in [0.15, 0.2) is 23.6 Å². The highest BCUT2D eigenvalue weighted by Gasteiger charge is 2.21. The minimum absolute atomic E-state index is 0.686. The largest absolute Gasteiger partial charge is 0.496 e. The minimum Gasteiger partial charge on any atom is -0.496 e. The summed E-state index contributed by atoms with van der Waals surface area (Å²) in [6.07, 6.45) is 0. The highest BCUT2D eigenvalue weighted by atomic mass is 32.1. The molecule has 4 heteroatoms. The third-order valence-corrected chi connectivity index (χ3v) is 3.59. The Kier molecular flexibility index (Phi) is 3.41. The van der Waals surface area contributed by atoms with Crippen LogP contribution in [-0.2, 0) is 5.60 Å². The van der Waals surface area contributed by atoms with Crippen molar-refractivity contribution in [2.75, 3.05) is 7.11 Å². The lowest BCUT2D eigenvalue weighted by molar-refractivity contribution is 0.0746. The van der Waals surface area contributed by atoms with Gasteiger partial charge in [-0.2, -0.15) is 0 Å². The van der Waals surface area contributed by atoms with Crippen LogP contribution in [0.2, 0.25) is 0 Å². The zero-order chi connectivity index (χ0) is 13.3. The van der Waals surface area contributed by atoms with Crippen molar-refractivity contribution < 1.29 is 9.84 Å². The highest BCUT2D eigenvalue weighted by Crippen LogP contribution is 2.34. The Balaban J connectivity index is 2.49. The Morgan fingerprint density at radius 2 is 2.06 bits per heavy atom. The first-order chi connectivity index (χ1) is 8.41. The van der Waals surface area contributed by atoms with Crippen molar-refractivity contribution in [1.29, 1.82) is 0 Å². The maximum Gasteiger partial charge on any atom is 0.129 e. The van der Waals surface area contributed by atoms with Crippen LogP contribution in [0.5, 0.6) is 5.75 Å². The molecule has 96 valence electrons. The number of rotatable bonds is 3. The van der Waals surface area contributed by atoms with Gasteiger partial charge in [-0.3, -0.25) is 0 Å². The molecule has 0 unspecified atom stereocenters. The first kappa shape index (κ1) is 13.1. The van der Waals surface area contributed by atoms with Gasteiger partial charge in [0.15, 0.2) is 0 Å². The molecule has 3 nitrogen and oxygen atoms in total. The van der Waals surface area contributed by atoms with Gasteiger partial charge < -0.3 is 9.84 Å². The van der Waals surface area contributed by atoms with Crippen molar-refractivity contribution in [3.05, 3.63) is 34.8 Å². The van der Waals surface area contributed by atoms with Crippen LogP contribution in [-0.4, -0.2) is 17.2 Å². The predicted octanol–water partition coefficient (Wildman–Crippen LogP) is 3.35. The molecule has 1 aromatic heterocycles. The van der Waals surface area contributed by atoms with Gasteiger partial charge in [0.2, 0.25) is 0 Å². The van der Waals surface area contributed by atoms with Gasteiger partial charge in [0.25, 0.3) is 0 Å². The fourth-order valence-electron chi connectivity index (χ4n) is 1.67. The number of aryl methyl sites for hydroxylation is 1. The number of hydrogen-bond acceptors (Lipinski definition) is 4. The normalized spacial score (nSPS) is 11.6. The van der Waals surface area contributed by atoms with E-state index in [0.29, 0.717) is 5.69 Å². The number of methoxy groups -OCH3 is 1. The molecule has 2 aromatic rings. The molecule has 0 aliphatic heterocycles. The van der Waals surface area contributed by atoms with E-state index in [-0.39, 0.29) is 0 Å². The number of benzene rings is 1. The number of hydrogen-bond donors (Lipinski definition) is 1. The molecule has 0 saturated heterocycles. The van der Waals surface area contributed by atoms with Gasteiger partial charge in [0.05, 0.1) is 18.4 Å². The van der Waals surface area contributed by atoms with E-state index in [9.17, 15) is 5.11 Å². The van der Waals surface area contributed by atoms with Crippen LogP contribution in [0.4, 0.5) is 0 Å². The van der Waals surface area contributed by atoms with E-state index in [4.69, 9.17) is 4.74 Å². The van der Waals surface area contributed by atoms with E-state index in [1.807, 2.05) is 30.5 Å². The second-order valence-electron chi connectivity index (χ2n) is 4.80. The Hall–Kier alpha value is -1.39. The summed E-state index contributed by atoms with van der Waals surface area (Å²) in [6.45, 7) is 5.51. The van der Waals surface area contributed by atoms with Crippen LogP contribution in [0, 0.1) is 6.92 Å². The summed E-state index contributed by atoms with van der Waals surface area (Å²) in [7, 11) is 1.65. The quantitative estimate of drug-likeness (QED) is 0.923. The molecule has 0 atom stereocenters. The first-order valence-electron chi connectivity index (χ1n) is 5.75. The fraction of sp³-hybridized carbons (Fsp3) is 0.357. The average Bonchev–Trinajstić information content (AvgIpc) is 2.77. The van der Waals surface area contributed by atoms with Crippen LogP contribution in [0.25, 0.3) is 10.6 Å². The lowest BCUT2D eigenvalue weighted by atomic mass is 10.1. The van der Waals surface area contributed by atoms with E-state index in [1.165, 1.54) is 11.3 Å². The molecule has 0 bridgehead atoms. The zero-order valence-electron chi connectivity index (χ0n) is 11.0. The summed E-state index contributed by atoms with van der Waals surface area (Å²) in [5, 5.41) is 12.7. The maximum atomic E-state index is 9.94. The zero-order valence-corrected chi connectivity index (χ0v) is 11.8. The monoisotopic (exact) mass is 263 g/mol. The molecule has 0 spiro atoms. The van der Waals surface area contributed by atoms with Crippen molar-refractivity contribution in [3.8, 4) is 16.3 Å². The maximum absolute atomic E-state index is 9.94. The summed E-state index contributed by atoms with van der Waals surface area (Å²) in [5.41, 5.74) is 1.90. The SMILES string of the molecule is COc1ccc(C)cc1-c1nc(C(C)(C)O)cs1. The Labute approximate surface area is 111 Å². The molecule has 0 aliphatic rings. The number of aromatic nitrogens is 1. The molecular formula is C14H17NO2S. The Bertz CT molecular complexity index is 555. The number of ether oxygens (including phenoxy) is 1. The molecular weight excluding hydrogens is 246 g/mol. The molecule has 0 saturated carbocycles. The molecule has 0 aliphatic carbocycles. The average molecular weight is 263 g/mol. The van der Waals surface area contributed by atoms with E-state index in [2.05, 4.69) is 4.98 Å². The van der Waals surface area contributed by atoms with Crippen LogP contribution < -0.4 is 4.74 Å². The molecule has 0 amide bonds. The van der Waals surface area contributed by atoms with Crippen molar-refractivity contribution in [1.82, 2.24) is 4.98 Å². The van der Waals surface area contributed by atoms with Crippen molar-refractivity contribution in [2.45, 2.75) is 26.4 Å². The second-order valence-corrected chi connectivity index (χ2v) is 5.66. The lowest BCUT2D eigenvalue weighted by Crippen LogP contribution is -2.15. The van der Waals surface area contributed by atoms with Gasteiger partial charge >= 0.3 is 0 Å². The first-order valence-corrected chi connectivity index (χ1v) is 6.63. The highest BCUT2D eigenvalue weighted by molar-refractivity contribution is 7.13. The van der Waals surface area contributed by atoms with Gasteiger partial charge in [-0.1, -0.05) is 11.6 Å². The van der Waals surface area contributed by atoms with Gasteiger partial charge in [-0.15, -0.1) is 11.3 Å². The summed E-state index contributed by atoms with van der Waals surface area (Å²) >= 11 is 1.52. The van der Waals surface area contributed by atoms with Crippen LogP contribution in [0.3, 0.4) is 0 Å². The topological polar surface area (TPSA) is 42.4 Å². The van der Waals surface area contributed by atoms with Gasteiger partial charge in [-0.05, 0) is 32.9 Å². The van der Waals surface area contributed by atoms with E-state index in [1.54, 1.807) is 21.0 Å². The molecule has 18 heavy (non-hydrogen) atoms. The third-order valence-electron chi connectivity index (χ3n) is 2.72.